The van der Waals surface area contributed by atoms with E-state index in [1.165, 1.54) is 0 Å². The van der Waals surface area contributed by atoms with Gasteiger partial charge >= 0.3 is 0 Å². The third-order valence-corrected chi connectivity index (χ3v) is 5.28. The maximum Gasteiger partial charge on any atom is 0.133 e. The van der Waals surface area contributed by atoms with Crippen molar-refractivity contribution in [3.8, 4) is 11.5 Å². The Labute approximate surface area is 134 Å². The lowest BCUT2D eigenvalue weighted by molar-refractivity contribution is 0.0866. The molecule has 21 heavy (non-hydrogen) atoms. The number of hydrogen-bond donors (Lipinski definition) is 2. The Bertz CT molecular complexity index is 551. The normalized spacial score (nSPS) is 24.9. The summed E-state index contributed by atoms with van der Waals surface area (Å²) in [5.41, 5.74) is 1.75. The number of methoxy groups -OCH3 is 1. The van der Waals surface area contributed by atoms with Gasteiger partial charge < -0.3 is 14.9 Å². The molecule has 1 unspecified atom stereocenters. The maximum absolute atomic E-state index is 10.2. The van der Waals surface area contributed by atoms with Gasteiger partial charge in [0.25, 0.3) is 0 Å². The number of ether oxygens (including phenoxy) is 1. The van der Waals surface area contributed by atoms with E-state index in [0.29, 0.717) is 12.2 Å². The number of hydrogen-bond acceptors (Lipinski definition) is 3. The average Bonchev–Trinajstić information content (AvgIpc) is 2.41. The van der Waals surface area contributed by atoms with Gasteiger partial charge in [-0.2, -0.15) is 0 Å². The highest BCUT2D eigenvalue weighted by molar-refractivity contribution is 9.10. The van der Waals surface area contributed by atoms with Crippen molar-refractivity contribution in [2.45, 2.75) is 39.2 Å². The highest BCUT2D eigenvalue weighted by Crippen LogP contribution is 2.46. The van der Waals surface area contributed by atoms with Crippen LogP contribution in [0.25, 0.3) is 0 Å². The van der Waals surface area contributed by atoms with E-state index in [0.717, 1.165) is 28.5 Å². The molecule has 3 nitrogen and oxygen atoms in total. The molecule has 2 atom stereocenters. The van der Waals surface area contributed by atoms with Crippen molar-refractivity contribution in [1.29, 1.82) is 0 Å². The van der Waals surface area contributed by atoms with Crippen LogP contribution >= 0.6 is 15.9 Å². The fraction of sp³-hybridized carbons (Fsp3) is 0.529. The molecule has 0 saturated heterocycles. The number of benzene rings is 1. The molecule has 1 aliphatic carbocycles. The molecule has 1 fully saturated rings. The van der Waals surface area contributed by atoms with Crippen LogP contribution in [0.1, 0.15) is 32.3 Å². The first-order valence-electron chi connectivity index (χ1n) is 7.18. The third kappa shape index (κ3) is 3.27. The molecule has 4 heteroatoms. The number of halogens is 1. The van der Waals surface area contributed by atoms with Crippen LogP contribution in [0.2, 0.25) is 0 Å². The summed E-state index contributed by atoms with van der Waals surface area (Å²) < 4.78 is 6.03. The summed E-state index contributed by atoms with van der Waals surface area (Å²) in [6, 6.07) is 3.51. The summed E-state index contributed by atoms with van der Waals surface area (Å²) in [5, 5.41) is 20.3. The van der Waals surface area contributed by atoms with Gasteiger partial charge in [-0.1, -0.05) is 20.4 Å². The first-order valence-corrected chi connectivity index (χ1v) is 7.97. The van der Waals surface area contributed by atoms with E-state index in [9.17, 15) is 10.2 Å². The smallest absolute Gasteiger partial charge is 0.133 e. The van der Waals surface area contributed by atoms with Crippen LogP contribution in [0, 0.1) is 11.3 Å². The molecule has 0 aliphatic heterocycles. The van der Waals surface area contributed by atoms with Crippen LogP contribution in [0.5, 0.6) is 11.5 Å². The Morgan fingerprint density at radius 2 is 2.10 bits per heavy atom. The lowest BCUT2D eigenvalue weighted by atomic mass is 9.64. The van der Waals surface area contributed by atoms with Crippen LogP contribution in [-0.2, 0) is 6.42 Å². The van der Waals surface area contributed by atoms with E-state index in [2.05, 4.69) is 36.4 Å². The minimum atomic E-state index is -0.442. The summed E-state index contributed by atoms with van der Waals surface area (Å²) in [6.07, 6.45) is 1.92. The molecule has 2 rings (SSSR count). The second kappa shape index (κ2) is 6.01. The Balaban J connectivity index is 2.33. The highest BCUT2D eigenvalue weighted by atomic mass is 79.9. The molecule has 0 aromatic heterocycles. The first-order chi connectivity index (χ1) is 9.76. The zero-order chi connectivity index (χ0) is 15.8. The first kappa shape index (κ1) is 16.4. The van der Waals surface area contributed by atoms with Crippen LogP contribution < -0.4 is 4.74 Å². The molecule has 0 heterocycles. The molecule has 0 radical (unpaired) electrons. The number of rotatable bonds is 3. The predicted molar refractivity (Wildman–Crippen MR) is 87.7 cm³/mol. The van der Waals surface area contributed by atoms with Crippen molar-refractivity contribution in [3.63, 3.8) is 0 Å². The minimum absolute atomic E-state index is 0.0586. The summed E-state index contributed by atoms with van der Waals surface area (Å²) >= 11 is 3.37. The Morgan fingerprint density at radius 1 is 1.43 bits per heavy atom. The number of phenolic OH excluding ortho intramolecular Hbond substituents is 1. The molecule has 0 bridgehead atoms. The summed E-state index contributed by atoms with van der Waals surface area (Å²) in [4.78, 5) is 0. The van der Waals surface area contributed by atoms with Crippen LogP contribution in [0.15, 0.2) is 28.8 Å². The van der Waals surface area contributed by atoms with Crippen molar-refractivity contribution < 1.29 is 14.9 Å². The molecule has 1 aromatic carbocycles. The van der Waals surface area contributed by atoms with Crippen molar-refractivity contribution in [1.82, 2.24) is 0 Å². The van der Waals surface area contributed by atoms with Gasteiger partial charge in [-0.15, -0.1) is 0 Å². The van der Waals surface area contributed by atoms with Gasteiger partial charge in [-0.25, -0.2) is 0 Å². The second-order valence-corrected chi connectivity index (χ2v) is 7.34. The van der Waals surface area contributed by atoms with Crippen molar-refractivity contribution in [3.05, 3.63) is 34.3 Å². The third-order valence-electron chi connectivity index (χ3n) is 4.66. The Morgan fingerprint density at radius 3 is 2.71 bits per heavy atom. The lowest BCUT2D eigenvalue weighted by Gasteiger charge is -2.42. The van der Waals surface area contributed by atoms with Gasteiger partial charge in [0.15, 0.2) is 0 Å². The summed E-state index contributed by atoms with van der Waals surface area (Å²) in [7, 11) is 1.61. The van der Waals surface area contributed by atoms with Crippen molar-refractivity contribution >= 4 is 15.9 Å². The monoisotopic (exact) mass is 354 g/mol. The Kier molecular flexibility index (Phi) is 4.69. The van der Waals surface area contributed by atoms with E-state index in [4.69, 9.17) is 4.74 Å². The molecular weight excluding hydrogens is 332 g/mol. The minimum Gasteiger partial charge on any atom is -0.508 e. The molecule has 2 N–H and O–H groups in total. The SMILES string of the molecule is C=C1C(O)CCC(C)(C)[C@@H]1Cc1cc(OC)c(Br)cc1O. The quantitative estimate of drug-likeness (QED) is 0.804. The van der Waals surface area contributed by atoms with Crippen LogP contribution in [0.4, 0.5) is 0 Å². The van der Waals surface area contributed by atoms with Crippen molar-refractivity contribution in [2.24, 2.45) is 11.3 Å². The molecule has 0 amide bonds. The van der Waals surface area contributed by atoms with E-state index >= 15 is 0 Å². The predicted octanol–water partition coefficient (Wildman–Crippen LogP) is 4.06. The van der Waals surface area contributed by atoms with Crippen molar-refractivity contribution in [2.75, 3.05) is 7.11 Å². The standard InChI is InChI=1S/C17H23BrO3/c1-10-12(17(2,3)6-5-14(10)19)7-11-8-16(21-4)13(18)9-15(11)20/h8-9,12,14,19-20H,1,5-7H2,2-4H3/t12-,14?/m1/s1. The average molecular weight is 355 g/mol. The van der Waals surface area contributed by atoms with Gasteiger partial charge in [-0.3, -0.25) is 0 Å². The van der Waals surface area contributed by atoms with E-state index in [1.54, 1.807) is 13.2 Å². The topological polar surface area (TPSA) is 49.7 Å². The largest absolute Gasteiger partial charge is 0.508 e. The van der Waals surface area contributed by atoms with Crippen LogP contribution in [0.3, 0.4) is 0 Å². The zero-order valence-electron chi connectivity index (χ0n) is 12.8. The van der Waals surface area contributed by atoms with Gasteiger partial charge in [0, 0.05) is 0 Å². The fourth-order valence-corrected chi connectivity index (χ4v) is 3.63. The Hall–Kier alpha value is -1.00. The molecule has 0 spiro atoms. The summed E-state index contributed by atoms with van der Waals surface area (Å²) in [5.74, 6) is 1.08. The van der Waals surface area contributed by atoms with E-state index in [1.807, 2.05) is 6.07 Å². The number of aliphatic hydroxyl groups is 1. The van der Waals surface area contributed by atoms with Gasteiger partial charge in [0.2, 0.25) is 0 Å². The molecule has 1 saturated carbocycles. The number of aliphatic hydroxyl groups excluding tert-OH is 1. The van der Waals surface area contributed by atoms with Crippen LogP contribution in [-0.4, -0.2) is 23.4 Å². The lowest BCUT2D eigenvalue weighted by Crippen LogP contribution is -2.37. The molecule has 1 aliphatic rings. The maximum atomic E-state index is 10.2. The molecule has 116 valence electrons. The molecular formula is C17H23BrO3. The highest BCUT2D eigenvalue weighted by Gasteiger charge is 2.38. The van der Waals surface area contributed by atoms with Gasteiger partial charge in [0.1, 0.15) is 11.5 Å². The number of phenols is 1. The van der Waals surface area contributed by atoms with E-state index < -0.39 is 6.10 Å². The van der Waals surface area contributed by atoms with E-state index in [-0.39, 0.29) is 17.1 Å². The second-order valence-electron chi connectivity index (χ2n) is 6.49. The number of aromatic hydroxyl groups is 1. The van der Waals surface area contributed by atoms with Gasteiger partial charge in [0.05, 0.1) is 17.7 Å². The molecule has 1 aromatic rings. The fourth-order valence-electron chi connectivity index (χ4n) is 3.13. The zero-order valence-corrected chi connectivity index (χ0v) is 14.4. The summed E-state index contributed by atoms with van der Waals surface area (Å²) in [6.45, 7) is 8.48. The van der Waals surface area contributed by atoms with Gasteiger partial charge in [-0.05, 0) is 69.8 Å².